The fraction of sp³-hybridized carbons (Fsp3) is 0.647. The second kappa shape index (κ2) is 5.83. The SMILES string of the molecule is CC#Cc1nc(C2(OC(=O)NC(C)(C)C)CC(C)(C#N)C2)n(C)n1. The van der Waals surface area contributed by atoms with Crippen LogP contribution in [0.4, 0.5) is 4.79 Å². The van der Waals surface area contributed by atoms with Crippen molar-refractivity contribution in [3.8, 4) is 17.9 Å². The minimum Gasteiger partial charge on any atom is -0.435 e. The van der Waals surface area contributed by atoms with Crippen LogP contribution in [0.3, 0.4) is 0 Å². The molecule has 7 heteroatoms. The predicted octanol–water partition coefficient (Wildman–Crippen LogP) is 2.23. The van der Waals surface area contributed by atoms with Crippen LogP contribution in [0, 0.1) is 28.6 Å². The van der Waals surface area contributed by atoms with Gasteiger partial charge in [0, 0.05) is 25.4 Å². The van der Waals surface area contributed by atoms with Gasteiger partial charge in [-0.3, -0.25) is 0 Å². The number of hydrogen-bond donors (Lipinski definition) is 1. The van der Waals surface area contributed by atoms with E-state index in [0.717, 1.165) is 0 Å². The molecule has 128 valence electrons. The molecule has 24 heavy (non-hydrogen) atoms. The minimum atomic E-state index is -0.963. The molecule has 1 N–H and O–H groups in total. The molecule has 7 nitrogen and oxygen atoms in total. The number of aryl methyl sites for hydroxylation is 1. The van der Waals surface area contributed by atoms with Gasteiger partial charge >= 0.3 is 6.09 Å². The molecule has 0 aliphatic heterocycles. The average Bonchev–Trinajstić information content (AvgIpc) is 2.76. The van der Waals surface area contributed by atoms with Crippen molar-refractivity contribution in [2.45, 2.75) is 58.6 Å². The lowest BCUT2D eigenvalue weighted by Crippen LogP contribution is -2.54. The highest BCUT2D eigenvalue weighted by Gasteiger charge is 2.59. The fourth-order valence-corrected chi connectivity index (χ4v) is 3.02. The van der Waals surface area contributed by atoms with Crippen LogP contribution in [0.2, 0.25) is 0 Å². The van der Waals surface area contributed by atoms with Gasteiger partial charge in [-0.05, 0) is 40.5 Å². The van der Waals surface area contributed by atoms with Crippen LogP contribution in [-0.2, 0) is 17.4 Å². The summed E-state index contributed by atoms with van der Waals surface area (Å²) < 4.78 is 7.30. The van der Waals surface area contributed by atoms with Crippen LogP contribution in [-0.4, -0.2) is 26.4 Å². The summed E-state index contributed by atoms with van der Waals surface area (Å²) in [5.74, 6) is 6.44. The lowest BCUT2D eigenvalue weighted by atomic mass is 9.60. The zero-order valence-electron chi connectivity index (χ0n) is 15.0. The second-order valence-corrected chi connectivity index (χ2v) is 7.54. The molecule has 0 spiro atoms. The molecule has 0 saturated heterocycles. The first-order valence-corrected chi connectivity index (χ1v) is 7.79. The molecule has 0 bridgehead atoms. The van der Waals surface area contributed by atoms with Crippen molar-refractivity contribution in [3.05, 3.63) is 11.6 Å². The summed E-state index contributed by atoms with van der Waals surface area (Å²) in [6.45, 7) is 9.17. The highest BCUT2D eigenvalue weighted by Crippen LogP contribution is 2.55. The molecule has 0 unspecified atom stereocenters. The Morgan fingerprint density at radius 3 is 2.54 bits per heavy atom. The van der Waals surface area contributed by atoms with E-state index in [1.807, 2.05) is 27.7 Å². The molecule has 0 atom stereocenters. The lowest BCUT2D eigenvalue weighted by Gasteiger charge is -2.48. The van der Waals surface area contributed by atoms with Gasteiger partial charge in [-0.2, -0.15) is 5.26 Å². The number of nitrogens with one attached hydrogen (secondary N) is 1. The number of alkyl carbamates (subject to hydrolysis) is 1. The third kappa shape index (κ3) is 3.51. The summed E-state index contributed by atoms with van der Waals surface area (Å²) in [5, 5.41) is 16.4. The van der Waals surface area contributed by atoms with Gasteiger partial charge in [0.2, 0.25) is 5.82 Å². The first-order valence-electron chi connectivity index (χ1n) is 7.79. The van der Waals surface area contributed by atoms with Crippen molar-refractivity contribution in [3.63, 3.8) is 0 Å². The first-order chi connectivity index (χ1) is 11.0. The topological polar surface area (TPSA) is 92.8 Å². The number of hydrogen-bond acceptors (Lipinski definition) is 5. The van der Waals surface area contributed by atoms with Crippen molar-refractivity contribution >= 4 is 6.09 Å². The van der Waals surface area contributed by atoms with E-state index < -0.39 is 22.6 Å². The van der Waals surface area contributed by atoms with Crippen LogP contribution >= 0.6 is 0 Å². The Balaban J connectivity index is 2.34. The molecule has 1 heterocycles. The molecule has 1 aliphatic rings. The number of nitriles is 1. The van der Waals surface area contributed by atoms with E-state index in [1.54, 1.807) is 18.7 Å². The zero-order chi connectivity index (χ0) is 18.2. The highest BCUT2D eigenvalue weighted by atomic mass is 16.6. The van der Waals surface area contributed by atoms with E-state index in [2.05, 4.69) is 33.3 Å². The molecule has 0 radical (unpaired) electrons. The Labute approximate surface area is 142 Å². The number of carbonyl (C=O) groups excluding carboxylic acids is 1. The van der Waals surface area contributed by atoms with E-state index in [4.69, 9.17) is 4.74 Å². The van der Waals surface area contributed by atoms with Gasteiger partial charge in [0.25, 0.3) is 0 Å². The maximum Gasteiger partial charge on any atom is 0.408 e. The molecular formula is C17H23N5O2. The number of aromatic nitrogens is 3. The van der Waals surface area contributed by atoms with E-state index in [1.165, 1.54) is 0 Å². The highest BCUT2D eigenvalue weighted by molar-refractivity contribution is 5.69. The quantitative estimate of drug-likeness (QED) is 0.840. The fourth-order valence-electron chi connectivity index (χ4n) is 3.02. The zero-order valence-corrected chi connectivity index (χ0v) is 15.0. The summed E-state index contributed by atoms with van der Waals surface area (Å²) in [5.41, 5.74) is -1.93. The molecule has 2 rings (SSSR count). The Morgan fingerprint density at radius 1 is 1.42 bits per heavy atom. The van der Waals surface area contributed by atoms with E-state index >= 15 is 0 Å². The van der Waals surface area contributed by atoms with Gasteiger partial charge in [-0.25, -0.2) is 14.5 Å². The van der Waals surface area contributed by atoms with Gasteiger partial charge in [0.05, 0.1) is 11.5 Å². The number of amides is 1. The summed E-state index contributed by atoms with van der Waals surface area (Å²) in [4.78, 5) is 16.7. The maximum absolute atomic E-state index is 12.3. The molecule has 1 fully saturated rings. The van der Waals surface area contributed by atoms with Gasteiger partial charge in [-0.15, -0.1) is 5.10 Å². The predicted molar refractivity (Wildman–Crippen MR) is 87.6 cm³/mol. The Hall–Kier alpha value is -2.54. The van der Waals surface area contributed by atoms with E-state index in [-0.39, 0.29) is 0 Å². The van der Waals surface area contributed by atoms with Crippen LogP contribution in [0.25, 0.3) is 0 Å². The van der Waals surface area contributed by atoms with Crippen LogP contribution in [0.5, 0.6) is 0 Å². The van der Waals surface area contributed by atoms with Crippen LogP contribution in [0.1, 0.15) is 59.1 Å². The van der Waals surface area contributed by atoms with Crippen molar-refractivity contribution in [2.75, 3.05) is 0 Å². The number of rotatable bonds is 2. The van der Waals surface area contributed by atoms with E-state index in [0.29, 0.717) is 24.5 Å². The Morgan fingerprint density at radius 2 is 2.04 bits per heavy atom. The molecule has 1 aromatic heterocycles. The monoisotopic (exact) mass is 329 g/mol. The van der Waals surface area contributed by atoms with Crippen molar-refractivity contribution < 1.29 is 9.53 Å². The van der Waals surface area contributed by atoms with E-state index in [9.17, 15) is 10.1 Å². The molecule has 0 aromatic carbocycles. The Kier molecular flexibility index (Phi) is 4.32. The maximum atomic E-state index is 12.3. The standard InChI is InChI=1S/C17H23N5O2/c1-7-8-12-19-13(22(6)21-12)17(9-16(5,10-17)11-18)24-14(23)20-15(2,3)4/h9-10H2,1-6H3,(H,20,23). The number of ether oxygens (including phenoxy) is 1. The summed E-state index contributed by atoms with van der Waals surface area (Å²) in [6.07, 6.45) is 0.215. The molecule has 1 aliphatic carbocycles. The molecule has 1 aromatic rings. The normalized spacial score (nSPS) is 25.7. The first kappa shape index (κ1) is 17.8. The Bertz CT molecular complexity index is 749. The third-order valence-electron chi connectivity index (χ3n) is 3.79. The van der Waals surface area contributed by atoms with Crippen LogP contribution < -0.4 is 5.32 Å². The third-order valence-corrected chi connectivity index (χ3v) is 3.79. The van der Waals surface area contributed by atoms with Crippen LogP contribution in [0.15, 0.2) is 0 Å². The summed E-state index contributed by atoms with van der Waals surface area (Å²) in [6, 6.07) is 2.28. The smallest absolute Gasteiger partial charge is 0.408 e. The average molecular weight is 329 g/mol. The van der Waals surface area contributed by atoms with Crippen molar-refractivity contribution in [1.82, 2.24) is 20.1 Å². The summed E-state index contributed by atoms with van der Waals surface area (Å²) in [7, 11) is 1.73. The molecular weight excluding hydrogens is 306 g/mol. The number of nitrogens with zero attached hydrogens (tertiary/aromatic N) is 4. The summed E-state index contributed by atoms with van der Waals surface area (Å²) >= 11 is 0. The van der Waals surface area contributed by atoms with Gasteiger partial charge in [0.15, 0.2) is 11.4 Å². The largest absolute Gasteiger partial charge is 0.435 e. The van der Waals surface area contributed by atoms with Crippen molar-refractivity contribution in [1.29, 1.82) is 5.26 Å². The molecule has 1 saturated carbocycles. The van der Waals surface area contributed by atoms with Gasteiger partial charge in [-0.1, -0.05) is 5.92 Å². The second-order valence-electron chi connectivity index (χ2n) is 7.54. The van der Waals surface area contributed by atoms with Crippen molar-refractivity contribution in [2.24, 2.45) is 12.5 Å². The minimum absolute atomic E-state index is 0.375. The molecule has 1 amide bonds. The lowest BCUT2D eigenvalue weighted by molar-refractivity contribution is -0.117. The van der Waals surface area contributed by atoms with Gasteiger partial charge in [0.1, 0.15) is 0 Å². The van der Waals surface area contributed by atoms with Gasteiger partial charge < -0.3 is 10.1 Å². The number of carbonyl (C=O) groups is 1.